The van der Waals surface area contributed by atoms with E-state index in [9.17, 15) is 9.90 Å². The number of aliphatic carboxylic acids is 1. The Hall–Kier alpha value is -1.24. The summed E-state index contributed by atoms with van der Waals surface area (Å²) < 4.78 is 8.01. The fourth-order valence-electron chi connectivity index (χ4n) is 2.82. The van der Waals surface area contributed by atoms with Gasteiger partial charge in [0.2, 0.25) is 0 Å². The fraction of sp³-hybridized carbons (Fsp3) is 0.750. The second kappa shape index (κ2) is 10.5. The number of hydrogen-bond acceptors (Lipinski definition) is 8. The molecule has 0 aromatic carbocycles. The van der Waals surface area contributed by atoms with Gasteiger partial charge < -0.3 is 9.84 Å². The van der Waals surface area contributed by atoms with Crippen LogP contribution in [0.2, 0.25) is 25.7 Å². The second-order valence-electron chi connectivity index (χ2n) is 7.88. The first-order chi connectivity index (χ1) is 13.2. The number of hydrogen-bond donors (Lipinski definition) is 1. The summed E-state index contributed by atoms with van der Waals surface area (Å²) in [7, 11) is -1.19. The molecule has 1 N–H and O–H groups in total. The molecule has 0 fully saturated rings. The Bertz CT molecular complexity index is 766. The summed E-state index contributed by atoms with van der Waals surface area (Å²) in [5.74, 6) is -1.36. The normalized spacial score (nSPS) is 14.2. The monoisotopic (exact) mass is 490 g/mol. The van der Waals surface area contributed by atoms with Gasteiger partial charge >= 0.3 is 5.97 Å². The van der Waals surface area contributed by atoms with E-state index in [2.05, 4.69) is 61.3 Å². The molecule has 0 spiro atoms. The van der Waals surface area contributed by atoms with Gasteiger partial charge in [-0.2, -0.15) is 0 Å². The van der Waals surface area contributed by atoms with Crippen molar-refractivity contribution in [2.45, 2.75) is 64.5 Å². The molecular formula is C16H27BrN6O3SSi. The van der Waals surface area contributed by atoms with E-state index in [1.807, 2.05) is 6.92 Å². The molecular weight excluding hydrogens is 464 g/mol. The van der Waals surface area contributed by atoms with Crippen molar-refractivity contribution in [3.05, 3.63) is 14.7 Å². The molecule has 2 atom stereocenters. The zero-order valence-electron chi connectivity index (χ0n) is 16.6. The molecule has 0 aliphatic carbocycles. The third kappa shape index (κ3) is 6.98. The van der Waals surface area contributed by atoms with E-state index >= 15 is 0 Å². The van der Waals surface area contributed by atoms with Crippen LogP contribution in [0.25, 0.3) is 0 Å². The smallest absolute Gasteiger partial charge is 0.307 e. The van der Waals surface area contributed by atoms with Crippen molar-refractivity contribution in [2.75, 3.05) is 6.61 Å². The Balaban J connectivity index is 2.20. The van der Waals surface area contributed by atoms with Gasteiger partial charge in [0.1, 0.15) is 11.7 Å². The Labute approximate surface area is 178 Å². The van der Waals surface area contributed by atoms with Gasteiger partial charge in [-0.25, -0.2) is 4.68 Å². The van der Waals surface area contributed by atoms with Gasteiger partial charge in [-0.05, 0) is 38.8 Å². The Morgan fingerprint density at radius 2 is 2.07 bits per heavy atom. The van der Waals surface area contributed by atoms with Crippen molar-refractivity contribution in [2.24, 2.45) is 5.92 Å². The molecule has 2 heterocycles. The fourth-order valence-corrected chi connectivity index (χ4v) is 4.84. The standard InChI is InChI=1S/C16H27BrN6O3SSi/c1-5-6-11(15(24)25)12(9-13-18-20-16(17)27-13)14-19-21-22-23(14)10-26-7-8-28(2,3)4/h11-12H,5-10H2,1-4H3,(H,24,25)/t11?,12-/m0/s1. The number of nitrogens with zero attached hydrogens (tertiary/aromatic N) is 6. The lowest BCUT2D eigenvalue weighted by Gasteiger charge is -2.22. The topological polar surface area (TPSA) is 116 Å². The molecule has 0 saturated carbocycles. The third-order valence-corrected chi connectivity index (χ3v) is 7.42. The van der Waals surface area contributed by atoms with E-state index in [1.165, 1.54) is 11.3 Å². The first-order valence-electron chi connectivity index (χ1n) is 9.25. The van der Waals surface area contributed by atoms with Crippen LogP contribution < -0.4 is 0 Å². The maximum atomic E-state index is 12.0. The Morgan fingerprint density at radius 3 is 2.64 bits per heavy atom. The molecule has 1 unspecified atom stereocenters. The van der Waals surface area contributed by atoms with Gasteiger partial charge in [-0.15, -0.1) is 15.3 Å². The minimum atomic E-state index is -1.19. The van der Waals surface area contributed by atoms with Crippen LogP contribution >= 0.6 is 27.3 Å². The van der Waals surface area contributed by atoms with Crippen LogP contribution in [0.4, 0.5) is 0 Å². The number of halogens is 1. The molecule has 2 rings (SSSR count). The molecule has 9 nitrogen and oxygen atoms in total. The van der Waals surface area contributed by atoms with Crippen molar-refractivity contribution in [1.29, 1.82) is 0 Å². The van der Waals surface area contributed by atoms with Crippen LogP contribution in [-0.2, 0) is 22.7 Å². The van der Waals surface area contributed by atoms with Crippen LogP contribution in [0.1, 0.15) is 36.5 Å². The molecule has 0 amide bonds. The number of ether oxygens (including phenoxy) is 1. The molecule has 2 aromatic heterocycles. The molecule has 28 heavy (non-hydrogen) atoms. The molecule has 0 bridgehead atoms. The Morgan fingerprint density at radius 1 is 1.32 bits per heavy atom. The van der Waals surface area contributed by atoms with Gasteiger partial charge in [0.15, 0.2) is 9.74 Å². The zero-order valence-corrected chi connectivity index (χ0v) is 20.0. The summed E-state index contributed by atoms with van der Waals surface area (Å²) in [5, 5.41) is 30.6. The average molecular weight is 491 g/mol. The Kier molecular flexibility index (Phi) is 8.65. The molecule has 2 aromatic rings. The SMILES string of the molecule is CCCC(C(=O)O)[C@H](Cc1nnc(Br)s1)c1nnnn1COCC[Si](C)(C)C. The first-order valence-corrected chi connectivity index (χ1v) is 14.6. The molecule has 0 radical (unpaired) electrons. The van der Waals surface area contributed by atoms with Gasteiger partial charge in [0, 0.05) is 27.0 Å². The first kappa shape index (κ1) is 23.0. The van der Waals surface area contributed by atoms with Crippen LogP contribution in [0.3, 0.4) is 0 Å². The van der Waals surface area contributed by atoms with Crippen LogP contribution in [0.15, 0.2) is 3.92 Å². The summed E-state index contributed by atoms with van der Waals surface area (Å²) in [5.41, 5.74) is 0. The number of carboxylic acid groups (broad SMARTS) is 1. The van der Waals surface area contributed by atoms with E-state index in [0.29, 0.717) is 29.2 Å². The van der Waals surface area contributed by atoms with Gasteiger partial charge in [-0.1, -0.05) is 44.3 Å². The number of rotatable bonds is 12. The van der Waals surface area contributed by atoms with E-state index in [4.69, 9.17) is 4.74 Å². The van der Waals surface area contributed by atoms with Gasteiger partial charge in [-0.3, -0.25) is 4.79 Å². The maximum absolute atomic E-state index is 12.0. The second-order valence-corrected chi connectivity index (χ2v) is 15.8. The summed E-state index contributed by atoms with van der Waals surface area (Å²) >= 11 is 4.69. The minimum absolute atomic E-state index is 0.210. The predicted octanol–water partition coefficient (Wildman–Crippen LogP) is 3.43. The number of carbonyl (C=O) groups is 1. The quantitative estimate of drug-likeness (QED) is 0.355. The van der Waals surface area contributed by atoms with E-state index in [-0.39, 0.29) is 6.73 Å². The van der Waals surface area contributed by atoms with Gasteiger partial charge in [0.25, 0.3) is 0 Å². The van der Waals surface area contributed by atoms with E-state index in [1.54, 1.807) is 4.68 Å². The lowest BCUT2D eigenvalue weighted by atomic mass is 9.85. The molecule has 0 aliphatic heterocycles. The summed E-state index contributed by atoms with van der Waals surface area (Å²) in [6.45, 7) is 9.69. The van der Waals surface area contributed by atoms with Crippen LogP contribution in [0.5, 0.6) is 0 Å². The summed E-state index contributed by atoms with van der Waals surface area (Å²) in [4.78, 5) is 12.0. The highest BCUT2D eigenvalue weighted by Crippen LogP contribution is 2.32. The molecule has 0 saturated heterocycles. The minimum Gasteiger partial charge on any atom is -0.481 e. The predicted molar refractivity (Wildman–Crippen MR) is 112 cm³/mol. The zero-order chi connectivity index (χ0) is 20.7. The molecule has 0 aliphatic rings. The summed E-state index contributed by atoms with van der Waals surface area (Å²) in [6.07, 6.45) is 1.69. The highest BCUT2D eigenvalue weighted by Gasteiger charge is 2.34. The number of tetrazole rings is 1. The summed E-state index contributed by atoms with van der Waals surface area (Å²) in [6, 6.07) is 1.04. The maximum Gasteiger partial charge on any atom is 0.307 e. The van der Waals surface area contributed by atoms with Crippen molar-refractivity contribution < 1.29 is 14.6 Å². The number of carboxylic acids is 1. The van der Waals surface area contributed by atoms with Crippen molar-refractivity contribution in [3.8, 4) is 0 Å². The number of aromatic nitrogens is 6. The van der Waals surface area contributed by atoms with Crippen molar-refractivity contribution in [1.82, 2.24) is 30.4 Å². The lowest BCUT2D eigenvalue weighted by molar-refractivity contribution is -0.143. The third-order valence-electron chi connectivity index (χ3n) is 4.34. The lowest BCUT2D eigenvalue weighted by Crippen LogP contribution is -2.27. The average Bonchev–Trinajstić information content (AvgIpc) is 3.22. The van der Waals surface area contributed by atoms with Crippen molar-refractivity contribution >= 4 is 41.3 Å². The van der Waals surface area contributed by atoms with Crippen molar-refractivity contribution in [3.63, 3.8) is 0 Å². The van der Waals surface area contributed by atoms with Gasteiger partial charge in [0.05, 0.1) is 5.92 Å². The molecule has 12 heteroatoms. The molecule has 156 valence electrons. The van der Waals surface area contributed by atoms with E-state index < -0.39 is 25.9 Å². The van der Waals surface area contributed by atoms with Crippen LogP contribution in [-0.4, -0.2) is 56.2 Å². The highest BCUT2D eigenvalue weighted by molar-refractivity contribution is 9.11. The van der Waals surface area contributed by atoms with E-state index in [0.717, 1.165) is 17.5 Å². The largest absolute Gasteiger partial charge is 0.481 e. The highest BCUT2D eigenvalue weighted by atomic mass is 79.9. The van der Waals surface area contributed by atoms with Crippen LogP contribution in [0, 0.1) is 5.92 Å².